The number of benzene rings is 1. The van der Waals surface area contributed by atoms with Crippen molar-refractivity contribution in [3.63, 3.8) is 0 Å². The first-order valence-electron chi connectivity index (χ1n) is 7.68. The van der Waals surface area contributed by atoms with E-state index in [0.29, 0.717) is 11.9 Å². The Labute approximate surface area is 123 Å². The van der Waals surface area contributed by atoms with Crippen LogP contribution in [0.1, 0.15) is 46.7 Å². The van der Waals surface area contributed by atoms with Gasteiger partial charge in [-0.3, -0.25) is 4.79 Å². The molecule has 1 unspecified atom stereocenters. The fourth-order valence-electron chi connectivity index (χ4n) is 2.65. The van der Waals surface area contributed by atoms with Crippen molar-refractivity contribution in [2.45, 2.75) is 53.1 Å². The van der Waals surface area contributed by atoms with Gasteiger partial charge in [-0.25, -0.2) is 0 Å². The topological polar surface area (TPSA) is 32.3 Å². The Bertz CT molecular complexity index is 488. The number of fused-ring (bicyclic) bond motifs is 1. The van der Waals surface area contributed by atoms with E-state index in [4.69, 9.17) is 0 Å². The van der Waals surface area contributed by atoms with Crippen LogP contribution in [0.25, 0.3) is 0 Å². The van der Waals surface area contributed by atoms with Gasteiger partial charge in [-0.05, 0) is 49.9 Å². The average molecular weight is 276 g/mol. The minimum absolute atomic E-state index is 0. The quantitative estimate of drug-likeness (QED) is 0.909. The van der Waals surface area contributed by atoms with E-state index < -0.39 is 0 Å². The van der Waals surface area contributed by atoms with Gasteiger partial charge >= 0.3 is 0 Å². The highest BCUT2D eigenvalue weighted by molar-refractivity contribution is 5.78. The summed E-state index contributed by atoms with van der Waals surface area (Å²) in [5.74, 6) is 0.431. The Kier molecular flexibility index (Phi) is 4.69. The molecule has 0 aliphatic carbocycles. The summed E-state index contributed by atoms with van der Waals surface area (Å²) in [5.41, 5.74) is 3.85. The SMILES string of the molecule is CCC(C)C(=O)N1CCc2cc(NC(C)C)ccc2C1.[HH]. The predicted octanol–water partition coefficient (Wildman–Crippen LogP) is 3.68. The van der Waals surface area contributed by atoms with Crippen LogP contribution in [-0.4, -0.2) is 23.4 Å². The van der Waals surface area contributed by atoms with E-state index in [1.807, 2.05) is 11.8 Å². The normalized spacial score (nSPS) is 15.9. The molecule has 20 heavy (non-hydrogen) atoms. The van der Waals surface area contributed by atoms with Crippen molar-refractivity contribution in [3.8, 4) is 0 Å². The Balaban J connectivity index is 0.00000220. The highest BCUT2D eigenvalue weighted by Gasteiger charge is 2.23. The van der Waals surface area contributed by atoms with Crippen LogP contribution in [0.2, 0.25) is 0 Å². The van der Waals surface area contributed by atoms with E-state index in [1.165, 1.54) is 16.8 Å². The molecule has 3 nitrogen and oxygen atoms in total. The monoisotopic (exact) mass is 276 g/mol. The summed E-state index contributed by atoms with van der Waals surface area (Å²) >= 11 is 0. The van der Waals surface area contributed by atoms with Gasteiger partial charge in [0.05, 0.1) is 0 Å². The minimum atomic E-state index is 0. The lowest BCUT2D eigenvalue weighted by atomic mass is 9.97. The summed E-state index contributed by atoms with van der Waals surface area (Å²) in [6, 6.07) is 6.96. The van der Waals surface area contributed by atoms with Gasteiger partial charge in [0.25, 0.3) is 0 Å². The standard InChI is InChI=1S/C17H26N2O.H2/c1-5-13(4)17(20)19-9-8-14-10-16(18-12(2)3)7-6-15(14)11-19;/h6-7,10,12-13,18H,5,8-9,11H2,1-4H3;1H. The van der Waals surface area contributed by atoms with Gasteiger partial charge in [-0.2, -0.15) is 0 Å². The summed E-state index contributed by atoms with van der Waals surface area (Å²) in [4.78, 5) is 14.3. The molecule has 0 fully saturated rings. The van der Waals surface area contributed by atoms with Crippen molar-refractivity contribution in [1.82, 2.24) is 4.90 Å². The second-order valence-electron chi connectivity index (χ2n) is 6.10. The first-order valence-corrected chi connectivity index (χ1v) is 7.68. The third-order valence-corrected chi connectivity index (χ3v) is 4.02. The number of anilines is 1. The van der Waals surface area contributed by atoms with E-state index in [1.54, 1.807) is 0 Å². The molecule has 0 aromatic heterocycles. The molecule has 0 spiro atoms. The largest absolute Gasteiger partial charge is 0.383 e. The van der Waals surface area contributed by atoms with Gasteiger partial charge in [0, 0.05) is 32.2 Å². The molecule has 1 amide bonds. The molecule has 1 aliphatic heterocycles. The highest BCUT2D eigenvalue weighted by Crippen LogP contribution is 2.24. The second kappa shape index (κ2) is 6.29. The second-order valence-corrected chi connectivity index (χ2v) is 6.10. The maximum Gasteiger partial charge on any atom is 0.225 e. The Morgan fingerprint density at radius 1 is 1.35 bits per heavy atom. The molecule has 1 heterocycles. The van der Waals surface area contributed by atoms with E-state index in [-0.39, 0.29) is 7.34 Å². The number of carbonyl (C=O) groups excluding carboxylic acids is 1. The summed E-state index contributed by atoms with van der Waals surface area (Å²) in [7, 11) is 0. The third-order valence-electron chi connectivity index (χ3n) is 4.02. The van der Waals surface area contributed by atoms with Gasteiger partial charge in [-0.15, -0.1) is 0 Å². The number of nitrogens with one attached hydrogen (secondary N) is 1. The summed E-state index contributed by atoms with van der Waals surface area (Å²) in [6.07, 6.45) is 1.88. The summed E-state index contributed by atoms with van der Waals surface area (Å²) < 4.78 is 0. The Morgan fingerprint density at radius 3 is 2.75 bits per heavy atom. The van der Waals surface area contributed by atoms with Crippen LogP contribution in [0.5, 0.6) is 0 Å². The van der Waals surface area contributed by atoms with Crippen LogP contribution < -0.4 is 5.32 Å². The van der Waals surface area contributed by atoms with Crippen LogP contribution in [0.15, 0.2) is 18.2 Å². The van der Waals surface area contributed by atoms with Gasteiger partial charge in [0.1, 0.15) is 0 Å². The fourth-order valence-corrected chi connectivity index (χ4v) is 2.65. The van der Waals surface area contributed by atoms with E-state index in [9.17, 15) is 4.79 Å². The maximum atomic E-state index is 12.3. The van der Waals surface area contributed by atoms with Crippen molar-refractivity contribution in [1.29, 1.82) is 0 Å². The molecule has 0 bridgehead atoms. The van der Waals surface area contributed by atoms with Crippen molar-refractivity contribution in [3.05, 3.63) is 29.3 Å². The molecular formula is C17H28N2O. The number of amides is 1. The maximum absolute atomic E-state index is 12.3. The van der Waals surface area contributed by atoms with Crippen LogP contribution in [0.3, 0.4) is 0 Å². The first-order chi connectivity index (χ1) is 9.51. The zero-order valence-electron chi connectivity index (χ0n) is 13.1. The van der Waals surface area contributed by atoms with E-state index in [2.05, 4.69) is 44.3 Å². The number of hydrogen-bond acceptors (Lipinski definition) is 2. The number of hydrogen-bond donors (Lipinski definition) is 1. The molecule has 0 radical (unpaired) electrons. The Morgan fingerprint density at radius 2 is 2.10 bits per heavy atom. The molecule has 0 saturated carbocycles. The molecule has 0 saturated heterocycles. The fraction of sp³-hybridized carbons (Fsp3) is 0.588. The van der Waals surface area contributed by atoms with Gasteiger partial charge in [0.2, 0.25) is 5.91 Å². The summed E-state index contributed by atoms with van der Waals surface area (Å²) in [6.45, 7) is 10.00. The molecule has 1 N–H and O–H groups in total. The lowest BCUT2D eigenvalue weighted by Crippen LogP contribution is -2.38. The zero-order chi connectivity index (χ0) is 14.7. The van der Waals surface area contributed by atoms with E-state index >= 15 is 0 Å². The highest BCUT2D eigenvalue weighted by atomic mass is 16.2. The predicted molar refractivity (Wildman–Crippen MR) is 85.9 cm³/mol. The van der Waals surface area contributed by atoms with Gasteiger partial charge in [-0.1, -0.05) is 19.9 Å². The van der Waals surface area contributed by atoms with Crippen LogP contribution in [-0.2, 0) is 17.8 Å². The molecule has 112 valence electrons. The lowest BCUT2D eigenvalue weighted by molar-refractivity contribution is -0.136. The molecule has 2 rings (SSSR count). The van der Waals surface area contributed by atoms with Crippen molar-refractivity contribution < 1.29 is 6.22 Å². The van der Waals surface area contributed by atoms with Gasteiger partial charge < -0.3 is 10.2 Å². The van der Waals surface area contributed by atoms with Crippen molar-refractivity contribution in [2.24, 2.45) is 5.92 Å². The molecule has 1 atom stereocenters. The molecule has 1 aromatic carbocycles. The van der Waals surface area contributed by atoms with E-state index in [0.717, 1.165) is 25.9 Å². The van der Waals surface area contributed by atoms with Crippen LogP contribution >= 0.6 is 0 Å². The Hall–Kier alpha value is -1.51. The summed E-state index contributed by atoms with van der Waals surface area (Å²) in [5, 5.41) is 3.44. The first kappa shape index (κ1) is 14.9. The van der Waals surface area contributed by atoms with Gasteiger partial charge in [0.15, 0.2) is 0 Å². The molecular weight excluding hydrogens is 248 g/mol. The molecule has 1 aliphatic rings. The number of nitrogens with zero attached hydrogens (tertiary/aromatic N) is 1. The number of rotatable bonds is 4. The van der Waals surface area contributed by atoms with Crippen molar-refractivity contribution in [2.75, 3.05) is 11.9 Å². The number of carbonyl (C=O) groups is 1. The molecule has 1 aromatic rings. The lowest BCUT2D eigenvalue weighted by Gasteiger charge is -2.31. The third kappa shape index (κ3) is 3.33. The molecule has 3 heteroatoms. The van der Waals surface area contributed by atoms with Crippen molar-refractivity contribution >= 4 is 11.6 Å². The van der Waals surface area contributed by atoms with Crippen LogP contribution in [0, 0.1) is 5.92 Å². The van der Waals surface area contributed by atoms with Crippen LogP contribution in [0.4, 0.5) is 5.69 Å². The smallest absolute Gasteiger partial charge is 0.225 e. The minimum Gasteiger partial charge on any atom is -0.383 e. The zero-order valence-corrected chi connectivity index (χ0v) is 13.1. The average Bonchev–Trinajstić information content (AvgIpc) is 2.44.